The van der Waals surface area contributed by atoms with Gasteiger partial charge in [0.05, 0.1) is 0 Å². The molecule has 0 aliphatic heterocycles. The molecule has 0 amide bonds. The predicted octanol–water partition coefficient (Wildman–Crippen LogP) is -1.21. The predicted molar refractivity (Wildman–Crippen MR) is 37.1 cm³/mol. The monoisotopic (exact) mass is 149 g/mol. The molecule has 0 saturated carbocycles. The quantitative estimate of drug-likeness (QED) is 0.378. The first-order valence-electron chi connectivity index (χ1n) is 3.27. The van der Waals surface area contributed by atoms with Gasteiger partial charge in [-0.25, -0.2) is 0 Å². The second-order valence-corrected chi connectivity index (χ2v) is 2.63. The first kappa shape index (κ1) is 9.84. The molecule has 0 saturated heterocycles. The molecular formula is C6H15NO3. The van der Waals surface area contributed by atoms with Crippen LogP contribution in [0.3, 0.4) is 0 Å². The van der Waals surface area contributed by atoms with Crippen molar-refractivity contribution in [1.29, 1.82) is 0 Å². The Morgan fingerprint density at radius 2 is 2.10 bits per heavy atom. The lowest BCUT2D eigenvalue weighted by molar-refractivity contribution is -0.0662. The number of hydrogen-bond acceptors (Lipinski definition) is 4. The Morgan fingerprint density at radius 3 is 2.40 bits per heavy atom. The molecule has 0 aliphatic rings. The van der Waals surface area contributed by atoms with E-state index in [-0.39, 0.29) is 6.61 Å². The van der Waals surface area contributed by atoms with Crippen LogP contribution < -0.4 is 5.73 Å². The summed E-state index contributed by atoms with van der Waals surface area (Å²) in [6.45, 7) is 1.44. The van der Waals surface area contributed by atoms with Crippen LogP contribution in [0.25, 0.3) is 0 Å². The summed E-state index contributed by atoms with van der Waals surface area (Å²) in [7, 11) is 0. The van der Waals surface area contributed by atoms with E-state index in [2.05, 4.69) is 0 Å². The van der Waals surface area contributed by atoms with Crippen LogP contribution >= 0.6 is 0 Å². The minimum absolute atomic E-state index is 0.00285. The van der Waals surface area contributed by atoms with Gasteiger partial charge in [0.15, 0.2) is 0 Å². The molecule has 62 valence electrons. The third-order valence-corrected chi connectivity index (χ3v) is 1.48. The van der Waals surface area contributed by atoms with Gasteiger partial charge < -0.3 is 21.1 Å². The first-order valence-corrected chi connectivity index (χ1v) is 3.27. The van der Waals surface area contributed by atoms with E-state index in [1.165, 1.54) is 6.92 Å². The lowest BCUT2D eigenvalue weighted by Crippen LogP contribution is -2.45. The van der Waals surface area contributed by atoms with Crippen LogP contribution in [0.1, 0.15) is 19.8 Å². The first-order chi connectivity index (χ1) is 4.50. The number of hydrogen-bond donors (Lipinski definition) is 4. The fourth-order valence-corrected chi connectivity index (χ4v) is 0.585. The Morgan fingerprint density at radius 1 is 1.60 bits per heavy atom. The van der Waals surface area contributed by atoms with E-state index in [9.17, 15) is 5.11 Å². The van der Waals surface area contributed by atoms with Gasteiger partial charge in [-0.15, -0.1) is 0 Å². The molecule has 4 nitrogen and oxygen atoms in total. The van der Waals surface area contributed by atoms with E-state index >= 15 is 0 Å². The number of nitrogens with two attached hydrogens (primary N) is 1. The third-order valence-electron chi connectivity index (χ3n) is 1.48. The Balaban J connectivity index is 3.63. The molecule has 0 fully saturated rings. The summed E-state index contributed by atoms with van der Waals surface area (Å²) in [5.41, 5.74) is 3.76. The molecule has 5 N–H and O–H groups in total. The number of rotatable bonds is 4. The highest BCUT2D eigenvalue weighted by molar-refractivity contribution is 4.76. The standard InChI is InChI=1S/C6H15NO3/c1-6(10,5(7)9)3-2-4-8/h5,8-10H,2-4,7H2,1H3. The molecule has 2 unspecified atom stereocenters. The van der Waals surface area contributed by atoms with E-state index in [0.717, 1.165) is 0 Å². The zero-order valence-corrected chi connectivity index (χ0v) is 6.12. The van der Waals surface area contributed by atoms with Crippen molar-refractivity contribution >= 4 is 0 Å². The van der Waals surface area contributed by atoms with E-state index in [0.29, 0.717) is 12.8 Å². The summed E-state index contributed by atoms with van der Waals surface area (Å²) in [6.07, 6.45) is -0.485. The lowest BCUT2D eigenvalue weighted by Gasteiger charge is -2.25. The van der Waals surface area contributed by atoms with Crippen molar-refractivity contribution in [2.24, 2.45) is 5.73 Å². The second-order valence-electron chi connectivity index (χ2n) is 2.63. The van der Waals surface area contributed by atoms with Gasteiger partial charge in [-0.05, 0) is 19.8 Å². The summed E-state index contributed by atoms with van der Waals surface area (Å²) >= 11 is 0. The van der Waals surface area contributed by atoms with Crippen molar-refractivity contribution in [1.82, 2.24) is 0 Å². The second kappa shape index (κ2) is 3.88. The average Bonchev–Trinajstić information content (AvgIpc) is 1.84. The topological polar surface area (TPSA) is 86.7 Å². The Kier molecular flexibility index (Phi) is 3.81. The summed E-state index contributed by atoms with van der Waals surface area (Å²) in [4.78, 5) is 0. The fraction of sp³-hybridized carbons (Fsp3) is 1.00. The summed E-state index contributed by atoms with van der Waals surface area (Å²) < 4.78 is 0. The molecule has 10 heavy (non-hydrogen) atoms. The summed E-state index contributed by atoms with van der Waals surface area (Å²) in [5.74, 6) is 0. The van der Waals surface area contributed by atoms with Gasteiger partial charge in [-0.1, -0.05) is 0 Å². The summed E-state index contributed by atoms with van der Waals surface area (Å²) in [6, 6.07) is 0. The highest BCUT2D eigenvalue weighted by atomic mass is 16.3. The smallest absolute Gasteiger partial charge is 0.131 e. The van der Waals surface area contributed by atoms with Gasteiger partial charge in [-0.2, -0.15) is 0 Å². The third kappa shape index (κ3) is 3.12. The van der Waals surface area contributed by atoms with Crippen molar-refractivity contribution in [3.63, 3.8) is 0 Å². The van der Waals surface area contributed by atoms with Gasteiger partial charge >= 0.3 is 0 Å². The minimum atomic E-state index is -1.28. The number of aliphatic hydroxyl groups is 3. The molecule has 0 aromatic carbocycles. The van der Waals surface area contributed by atoms with Crippen molar-refractivity contribution < 1.29 is 15.3 Å². The van der Waals surface area contributed by atoms with Gasteiger partial charge in [0.2, 0.25) is 0 Å². The molecule has 0 aliphatic carbocycles. The molecule has 0 rings (SSSR count). The summed E-state index contributed by atoms with van der Waals surface area (Å²) in [5, 5.41) is 26.4. The largest absolute Gasteiger partial charge is 0.396 e. The van der Waals surface area contributed by atoms with Crippen molar-refractivity contribution in [3.8, 4) is 0 Å². The van der Waals surface area contributed by atoms with Crippen LogP contribution in [0.4, 0.5) is 0 Å². The van der Waals surface area contributed by atoms with Gasteiger partial charge in [0.25, 0.3) is 0 Å². The fourth-order valence-electron chi connectivity index (χ4n) is 0.585. The lowest BCUT2D eigenvalue weighted by atomic mass is 9.99. The van der Waals surface area contributed by atoms with Crippen LogP contribution in [0.5, 0.6) is 0 Å². The van der Waals surface area contributed by atoms with Crippen molar-refractivity contribution in [2.75, 3.05) is 6.61 Å². The van der Waals surface area contributed by atoms with Crippen LogP contribution in [0.2, 0.25) is 0 Å². The maximum absolute atomic E-state index is 9.24. The molecule has 0 bridgehead atoms. The van der Waals surface area contributed by atoms with E-state index in [1.807, 2.05) is 0 Å². The molecule has 0 aromatic rings. The van der Waals surface area contributed by atoms with Gasteiger partial charge in [-0.3, -0.25) is 0 Å². The molecule has 4 heteroatoms. The van der Waals surface area contributed by atoms with Gasteiger partial charge in [0.1, 0.15) is 11.8 Å². The van der Waals surface area contributed by atoms with Crippen LogP contribution in [0, 0.1) is 0 Å². The van der Waals surface area contributed by atoms with E-state index < -0.39 is 11.8 Å². The molecule has 0 radical (unpaired) electrons. The Bertz CT molecular complexity index is 93.0. The molecule has 0 aromatic heterocycles. The van der Waals surface area contributed by atoms with Crippen molar-refractivity contribution in [3.05, 3.63) is 0 Å². The molecule has 0 spiro atoms. The number of aliphatic hydroxyl groups excluding tert-OH is 2. The molecule has 0 heterocycles. The maximum Gasteiger partial charge on any atom is 0.131 e. The maximum atomic E-state index is 9.24. The van der Waals surface area contributed by atoms with Gasteiger partial charge in [0, 0.05) is 6.61 Å². The highest BCUT2D eigenvalue weighted by Gasteiger charge is 2.26. The van der Waals surface area contributed by atoms with Crippen molar-refractivity contribution in [2.45, 2.75) is 31.6 Å². The van der Waals surface area contributed by atoms with Crippen LogP contribution in [0.15, 0.2) is 0 Å². The highest BCUT2D eigenvalue weighted by Crippen LogP contribution is 2.12. The SMILES string of the molecule is CC(O)(CCCO)C(N)O. The Hall–Kier alpha value is -0.160. The van der Waals surface area contributed by atoms with Crippen LogP contribution in [-0.2, 0) is 0 Å². The van der Waals surface area contributed by atoms with Crippen LogP contribution in [-0.4, -0.2) is 33.8 Å². The normalized spacial score (nSPS) is 20.1. The minimum Gasteiger partial charge on any atom is -0.396 e. The zero-order chi connectivity index (χ0) is 8.20. The molecule has 2 atom stereocenters. The average molecular weight is 149 g/mol. The Labute approximate surface area is 60.3 Å². The zero-order valence-electron chi connectivity index (χ0n) is 6.12. The van der Waals surface area contributed by atoms with E-state index in [1.54, 1.807) is 0 Å². The van der Waals surface area contributed by atoms with E-state index in [4.69, 9.17) is 15.9 Å². The molecular weight excluding hydrogens is 134 g/mol.